The number of H-pyrrole nitrogens is 1. The van der Waals surface area contributed by atoms with Gasteiger partial charge in [-0.1, -0.05) is 17.8 Å². The van der Waals surface area contributed by atoms with Crippen LogP contribution < -0.4 is 16.2 Å². The maximum absolute atomic E-state index is 11.9. The van der Waals surface area contributed by atoms with E-state index in [1.807, 2.05) is 6.92 Å². The van der Waals surface area contributed by atoms with E-state index in [4.69, 9.17) is 0 Å². The van der Waals surface area contributed by atoms with Gasteiger partial charge in [-0.25, -0.2) is 4.98 Å². The van der Waals surface area contributed by atoms with Crippen LogP contribution in [0.15, 0.2) is 46.5 Å². The van der Waals surface area contributed by atoms with E-state index in [9.17, 15) is 14.4 Å². The summed E-state index contributed by atoms with van der Waals surface area (Å²) in [6.07, 6.45) is 1.38. The molecule has 2 amide bonds. The zero-order valence-electron chi connectivity index (χ0n) is 12.5. The van der Waals surface area contributed by atoms with E-state index in [1.165, 1.54) is 12.3 Å². The molecule has 0 fully saturated rings. The minimum Gasteiger partial charge on any atom is -0.352 e. The first-order valence-corrected chi connectivity index (χ1v) is 7.93. The summed E-state index contributed by atoms with van der Waals surface area (Å²) in [6, 6.07) is 7.98. The average molecular weight is 332 g/mol. The second-order valence-electron chi connectivity index (χ2n) is 4.52. The molecule has 1 heterocycles. The number of amides is 2. The summed E-state index contributed by atoms with van der Waals surface area (Å²) >= 11 is 1.12. The molecule has 0 aliphatic rings. The Hall–Kier alpha value is -2.61. The first-order chi connectivity index (χ1) is 11.1. The lowest BCUT2D eigenvalue weighted by atomic mass is 10.2. The Morgan fingerprint density at radius 3 is 2.87 bits per heavy atom. The van der Waals surface area contributed by atoms with Gasteiger partial charge in [0.25, 0.3) is 11.5 Å². The summed E-state index contributed by atoms with van der Waals surface area (Å²) in [7, 11) is 0. The van der Waals surface area contributed by atoms with E-state index in [1.54, 1.807) is 24.3 Å². The van der Waals surface area contributed by atoms with E-state index in [0.29, 0.717) is 23.0 Å². The van der Waals surface area contributed by atoms with Crippen molar-refractivity contribution < 1.29 is 9.59 Å². The Morgan fingerprint density at radius 1 is 1.30 bits per heavy atom. The molecule has 0 saturated carbocycles. The number of hydrogen-bond acceptors (Lipinski definition) is 5. The van der Waals surface area contributed by atoms with Gasteiger partial charge >= 0.3 is 0 Å². The number of thioether (sulfide) groups is 1. The molecule has 0 saturated heterocycles. The molecule has 0 atom stereocenters. The molecule has 7 nitrogen and oxygen atoms in total. The normalized spacial score (nSPS) is 10.1. The summed E-state index contributed by atoms with van der Waals surface area (Å²) < 4.78 is 0. The Bertz CT molecular complexity index is 760. The van der Waals surface area contributed by atoms with Crippen LogP contribution in [0.5, 0.6) is 0 Å². The molecule has 0 bridgehead atoms. The lowest BCUT2D eigenvalue weighted by Crippen LogP contribution is -2.23. The number of hydrogen-bond donors (Lipinski definition) is 3. The standard InChI is InChI=1S/C15H16N4O3S/c1-2-16-14(22)10-4-3-5-11(8-10)18-13(21)9-23-15-17-7-6-12(20)19-15/h3-8H,2,9H2,1H3,(H,16,22)(H,18,21)(H,17,19,20). The first kappa shape index (κ1) is 16.8. The van der Waals surface area contributed by atoms with Gasteiger partial charge < -0.3 is 15.6 Å². The lowest BCUT2D eigenvalue weighted by Gasteiger charge is -2.07. The molecule has 8 heteroatoms. The van der Waals surface area contributed by atoms with Gasteiger partial charge in [-0.3, -0.25) is 14.4 Å². The van der Waals surface area contributed by atoms with Gasteiger partial charge in [0.2, 0.25) is 5.91 Å². The molecule has 0 spiro atoms. The highest BCUT2D eigenvalue weighted by atomic mass is 32.2. The number of carbonyl (C=O) groups is 2. The van der Waals surface area contributed by atoms with Gasteiger partial charge in [-0.15, -0.1) is 0 Å². The van der Waals surface area contributed by atoms with Gasteiger partial charge in [0.15, 0.2) is 5.16 Å². The lowest BCUT2D eigenvalue weighted by molar-refractivity contribution is -0.113. The number of carbonyl (C=O) groups excluding carboxylic acids is 2. The molecule has 2 rings (SSSR count). The van der Waals surface area contributed by atoms with Gasteiger partial charge in [-0.2, -0.15) is 0 Å². The molecule has 0 unspecified atom stereocenters. The van der Waals surface area contributed by atoms with Crippen LogP contribution in [0.4, 0.5) is 5.69 Å². The quantitative estimate of drug-likeness (QED) is 0.545. The number of aromatic amines is 1. The molecular weight excluding hydrogens is 316 g/mol. The number of aromatic nitrogens is 2. The minimum atomic E-state index is -0.266. The smallest absolute Gasteiger partial charge is 0.251 e. The minimum absolute atomic E-state index is 0.0956. The van der Waals surface area contributed by atoms with Crippen molar-refractivity contribution in [2.45, 2.75) is 12.1 Å². The van der Waals surface area contributed by atoms with E-state index in [0.717, 1.165) is 11.8 Å². The second-order valence-corrected chi connectivity index (χ2v) is 5.48. The van der Waals surface area contributed by atoms with Crippen LogP contribution in [-0.2, 0) is 4.79 Å². The second kappa shape index (κ2) is 8.14. The summed E-state index contributed by atoms with van der Waals surface area (Å²) in [5.41, 5.74) is 0.748. The van der Waals surface area contributed by atoms with Gasteiger partial charge in [0, 0.05) is 30.1 Å². The van der Waals surface area contributed by atoms with Crippen molar-refractivity contribution in [3.63, 3.8) is 0 Å². The van der Waals surface area contributed by atoms with Gasteiger partial charge in [0.05, 0.1) is 5.75 Å². The summed E-state index contributed by atoms with van der Waals surface area (Å²) in [6.45, 7) is 2.37. The van der Waals surface area contributed by atoms with Crippen molar-refractivity contribution in [3.05, 3.63) is 52.4 Å². The van der Waals surface area contributed by atoms with Crippen LogP contribution in [0, 0.1) is 0 Å². The largest absolute Gasteiger partial charge is 0.352 e. The molecule has 0 aliphatic carbocycles. The fourth-order valence-corrected chi connectivity index (χ4v) is 2.41. The van der Waals surface area contributed by atoms with Crippen LogP contribution >= 0.6 is 11.8 Å². The van der Waals surface area contributed by atoms with Crippen LogP contribution in [0.25, 0.3) is 0 Å². The number of rotatable bonds is 6. The highest BCUT2D eigenvalue weighted by Crippen LogP contribution is 2.13. The molecule has 3 N–H and O–H groups in total. The highest BCUT2D eigenvalue weighted by molar-refractivity contribution is 7.99. The summed E-state index contributed by atoms with van der Waals surface area (Å²) in [5.74, 6) is -0.350. The van der Waals surface area contributed by atoms with Gasteiger partial charge in [-0.05, 0) is 25.1 Å². The Kier molecular flexibility index (Phi) is 5.93. The first-order valence-electron chi connectivity index (χ1n) is 6.94. The fraction of sp³-hybridized carbons (Fsp3) is 0.200. The van der Waals surface area contributed by atoms with Crippen molar-refractivity contribution in [1.29, 1.82) is 0 Å². The predicted octanol–water partition coefficient (Wildman–Crippen LogP) is 1.25. The van der Waals surface area contributed by atoms with Crippen molar-refractivity contribution in [2.24, 2.45) is 0 Å². The SMILES string of the molecule is CCNC(=O)c1cccc(NC(=O)CSc2nccc(=O)[nH]2)c1. The third-order valence-electron chi connectivity index (χ3n) is 2.73. The summed E-state index contributed by atoms with van der Waals surface area (Å²) in [5, 5.41) is 5.78. The number of benzene rings is 1. The van der Waals surface area contributed by atoms with E-state index in [-0.39, 0.29) is 23.1 Å². The van der Waals surface area contributed by atoms with Gasteiger partial charge in [0.1, 0.15) is 0 Å². The number of anilines is 1. The molecule has 2 aromatic rings. The molecular formula is C15H16N4O3S. The monoisotopic (exact) mass is 332 g/mol. The molecule has 23 heavy (non-hydrogen) atoms. The zero-order chi connectivity index (χ0) is 16.7. The molecule has 0 radical (unpaired) electrons. The third kappa shape index (κ3) is 5.26. The Labute approximate surface area is 136 Å². The molecule has 1 aromatic heterocycles. The number of nitrogens with one attached hydrogen (secondary N) is 3. The third-order valence-corrected chi connectivity index (χ3v) is 3.62. The van der Waals surface area contributed by atoms with Crippen LogP contribution in [0.2, 0.25) is 0 Å². The zero-order valence-corrected chi connectivity index (χ0v) is 13.3. The van der Waals surface area contributed by atoms with Crippen LogP contribution in [-0.4, -0.2) is 34.1 Å². The van der Waals surface area contributed by atoms with Crippen molar-refractivity contribution >= 4 is 29.3 Å². The highest BCUT2D eigenvalue weighted by Gasteiger charge is 2.08. The summed E-state index contributed by atoms with van der Waals surface area (Å²) in [4.78, 5) is 41.3. The topological polar surface area (TPSA) is 104 Å². The predicted molar refractivity (Wildman–Crippen MR) is 88.7 cm³/mol. The van der Waals surface area contributed by atoms with Crippen LogP contribution in [0.1, 0.15) is 17.3 Å². The molecule has 120 valence electrons. The number of nitrogens with zero attached hydrogens (tertiary/aromatic N) is 1. The molecule has 1 aromatic carbocycles. The molecule has 0 aliphatic heterocycles. The van der Waals surface area contributed by atoms with Crippen molar-refractivity contribution in [3.8, 4) is 0 Å². The Morgan fingerprint density at radius 2 is 2.13 bits per heavy atom. The fourth-order valence-electron chi connectivity index (χ4n) is 1.76. The Balaban J connectivity index is 1.93. The maximum atomic E-state index is 11.9. The maximum Gasteiger partial charge on any atom is 0.251 e. The van der Waals surface area contributed by atoms with E-state index >= 15 is 0 Å². The van der Waals surface area contributed by atoms with Crippen molar-refractivity contribution in [1.82, 2.24) is 15.3 Å². The van der Waals surface area contributed by atoms with E-state index in [2.05, 4.69) is 20.6 Å². The van der Waals surface area contributed by atoms with Crippen LogP contribution in [0.3, 0.4) is 0 Å². The van der Waals surface area contributed by atoms with E-state index < -0.39 is 0 Å². The average Bonchev–Trinajstić information content (AvgIpc) is 2.53. The van der Waals surface area contributed by atoms with Crippen molar-refractivity contribution in [2.75, 3.05) is 17.6 Å².